The summed E-state index contributed by atoms with van der Waals surface area (Å²) in [6.07, 6.45) is 5.61. The lowest BCUT2D eigenvalue weighted by Crippen LogP contribution is -2.43. The third-order valence-corrected chi connectivity index (χ3v) is 2.96. The molecule has 94 valence electrons. The van der Waals surface area contributed by atoms with Gasteiger partial charge < -0.3 is 10.4 Å². The summed E-state index contributed by atoms with van der Waals surface area (Å²) >= 11 is 0. The molecule has 1 amide bonds. The molecule has 0 aromatic rings. The van der Waals surface area contributed by atoms with E-state index in [4.69, 9.17) is 0 Å². The van der Waals surface area contributed by atoms with Crippen LogP contribution in [0.3, 0.4) is 0 Å². The van der Waals surface area contributed by atoms with Gasteiger partial charge in [0.15, 0.2) is 0 Å². The Kier molecular flexibility index (Phi) is 5.77. The highest BCUT2D eigenvalue weighted by Crippen LogP contribution is 2.17. The third-order valence-electron chi connectivity index (χ3n) is 2.96. The Labute approximate surface area is 98.0 Å². The number of nitrogens with one attached hydrogen (secondary N) is 1. The molecule has 1 atom stereocenters. The molecule has 1 rings (SSSR count). The number of hydrogen-bond donors (Lipinski definition) is 2. The second-order valence-corrected chi connectivity index (χ2v) is 4.95. The molecule has 1 saturated carbocycles. The summed E-state index contributed by atoms with van der Waals surface area (Å²) in [6, 6.07) is 0.376. The minimum Gasteiger partial charge on any atom is -0.392 e. The van der Waals surface area contributed by atoms with Gasteiger partial charge in [-0.25, -0.2) is 0 Å². The highest BCUT2D eigenvalue weighted by Gasteiger charge is 2.16. The molecule has 0 spiro atoms. The van der Waals surface area contributed by atoms with E-state index in [1.54, 1.807) is 6.92 Å². The van der Waals surface area contributed by atoms with Crippen LogP contribution in [0, 0.1) is 0 Å². The molecule has 0 aliphatic heterocycles. The standard InChI is InChI=1S/C12H24N2O2/c1-10(15)8-14(2)9-12(16)13-11-6-4-3-5-7-11/h10-11,15H,3-9H2,1-2H3,(H,13,16). The Bertz CT molecular complexity index is 213. The molecule has 16 heavy (non-hydrogen) atoms. The van der Waals surface area contributed by atoms with Crippen LogP contribution in [0.2, 0.25) is 0 Å². The number of carbonyl (C=O) groups is 1. The Morgan fingerprint density at radius 1 is 1.44 bits per heavy atom. The lowest BCUT2D eigenvalue weighted by molar-refractivity contribution is -0.123. The number of hydrogen-bond acceptors (Lipinski definition) is 3. The maximum absolute atomic E-state index is 11.7. The van der Waals surface area contributed by atoms with Crippen molar-refractivity contribution in [3.8, 4) is 0 Å². The van der Waals surface area contributed by atoms with E-state index < -0.39 is 0 Å². The monoisotopic (exact) mass is 228 g/mol. The second-order valence-electron chi connectivity index (χ2n) is 4.95. The minimum absolute atomic E-state index is 0.0788. The smallest absolute Gasteiger partial charge is 0.234 e. The minimum atomic E-state index is -0.382. The summed E-state index contributed by atoms with van der Waals surface area (Å²) in [5, 5.41) is 12.2. The molecule has 1 aliphatic rings. The fourth-order valence-electron chi connectivity index (χ4n) is 2.28. The summed E-state index contributed by atoms with van der Waals surface area (Å²) < 4.78 is 0. The van der Waals surface area contributed by atoms with Crippen LogP contribution in [0.4, 0.5) is 0 Å². The van der Waals surface area contributed by atoms with Gasteiger partial charge in [0.05, 0.1) is 12.6 Å². The van der Waals surface area contributed by atoms with Crippen LogP contribution in [0.25, 0.3) is 0 Å². The summed E-state index contributed by atoms with van der Waals surface area (Å²) in [7, 11) is 1.85. The molecule has 4 nitrogen and oxygen atoms in total. The molecule has 0 aromatic heterocycles. The first kappa shape index (κ1) is 13.5. The Hall–Kier alpha value is -0.610. The van der Waals surface area contributed by atoms with Gasteiger partial charge in [0.25, 0.3) is 0 Å². The number of aliphatic hydroxyl groups is 1. The van der Waals surface area contributed by atoms with Crippen molar-refractivity contribution in [2.75, 3.05) is 20.1 Å². The van der Waals surface area contributed by atoms with Gasteiger partial charge in [0, 0.05) is 12.6 Å². The van der Waals surface area contributed by atoms with Gasteiger partial charge in [-0.2, -0.15) is 0 Å². The van der Waals surface area contributed by atoms with Gasteiger partial charge in [0.2, 0.25) is 5.91 Å². The Morgan fingerprint density at radius 2 is 2.06 bits per heavy atom. The second kappa shape index (κ2) is 6.86. The van der Waals surface area contributed by atoms with Crippen molar-refractivity contribution in [2.24, 2.45) is 0 Å². The zero-order valence-corrected chi connectivity index (χ0v) is 10.4. The molecule has 4 heteroatoms. The normalized spacial score (nSPS) is 19.8. The van der Waals surface area contributed by atoms with Gasteiger partial charge in [-0.3, -0.25) is 9.69 Å². The van der Waals surface area contributed by atoms with E-state index in [2.05, 4.69) is 5.32 Å². The van der Waals surface area contributed by atoms with Gasteiger partial charge in [-0.1, -0.05) is 19.3 Å². The van der Waals surface area contributed by atoms with E-state index in [1.807, 2.05) is 11.9 Å². The van der Waals surface area contributed by atoms with E-state index >= 15 is 0 Å². The fourth-order valence-corrected chi connectivity index (χ4v) is 2.28. The number of carbonyl (C=O) groups excluding carboxylic acids is 1. The predicted octanol–water partition coefficient (Wildman–Crippen LogP) is 0.748. The molecule has 0 aromatic carbocycles. The maximum atomic E-state index is 11.7. The maximum Gasteiger partial charge on any atom is 0.234 e. The zero-order chi connectivity index (χ0) is 12.0. The van der Waals surface area contributed by atoms with Crippen molar-refractivity contribution < 1.29 is 9.90 Å². The van der Waals surface area contributed by atoms with Crippen molar-refractivity contribution in [1.82, 2.24) is 10.2 Å². The van der Waals surface area contributed by atoms with Crippen LogP contribution in [-0.4, -0.2) is 48.2 Å². The number of rotatable bonds is 5. The molecular formula is C12H24N2O2. The number of nitrogens with zero attached hydrogens (tertiary/aromatic N) is 1. The zero-order valence-electron chi connectivity index (χ0n) is 10.4. The van der Waals surface area contributed by atoms with Crippen molar-refractivity contribution in [1.29, 1.82) is 0 Å². The van der Waals surface area contributed by atoms with Crippen molar-refractivity contribution >= 4 is 5.91 Å². The summed E-state index contributed by atoms with van der Waals surface area (Å²) in [6.45, 7) is 2.65. The average Bonchev–Trinajstić information content (AvgIpc) is 2.17. The largest absolute Gasteiger partial charge is 0.392 e. The van der Waals surface area contributed by atoms with Crippen LogP contribution < -0.4 is 5.32 Å². The van der Waals surface area contributed by atoms with Crippen molar-refractivity contribution in [3.05, 3.63) is 0 Å². The van der Waals surface area contributed by atoms with Crippen LogP contribution in [0.1, 0.15) is 39.0 Å². The predicted molar refractivity (Wildman–Crippen MR) is 64.2 cm³/mol. The van der Waals surface area contributed by atoms with Crippen LogP contribution in [-0.2, 0) is 4.79 Å². The van der Waals surface area contributed by atoms with Crippen molar-refractivity contribution in [3.63, 3.8) is 0 Å². The first-order valence-corrected chi connectivity index (χ1v) is 6.24. The topological polar surface area (TPSA) is 52.6 Å². The molecule has 0 radical (unpaired) electrons. The first-order valence-electron chi connectivity index (χ1n) is 6.24. The summed E-state index contributed by atoms with van der Waals surface area (Å²) in [4.78, 5) is 13.5. The van der Waals surface area contributed by atoms with Gasteiger partial charge in [-0.05, 0) is 26.8 Å². The third kappa shape index (κ3) is 5.47. The lowest BCUT2D eigenvalue weighted by atomic mass is 9.95. The average molecular weight is 228 g/mol. The fraction of sp³-hybridized carbons (Fsp3) is 0.917. The molecule has 0 bridgehead atoms. The first-order chi connectivity index (χ1) is 7.58. The molecule has 0 heterocycles. The lowest BCUT2D eigenvalue weighted by Gasteiger charge is -2.24. The highest BCUT2D eigenvalue weighted by molar-refractivity contribution is 5.78. The highest BCUT2D eigenvalue weighted by atomic mass is 16.3. The van der Waals surface area contributed by atoms with Gasteiger partial charge >= 0.3 is 0 Å². The number of amides is 1. The SMILES string of the molecule is CC(O)CN(C)CC(=O)NC1CCCCC1. The number of aliphatic hydroxyl groups excluding tert-OH is 1. The van der Waals surface area contributed by atoms with Crippen LogP contribution >= 0.6 is 0 Å². The number of likely N-dealkylation sites (N-methyl/N-ethyl adjacent to an activating group) is 1. The van der Waals surface area contributed by atoms with Crippen molar-refractivity contribution in [2.45, 2.75) is 51.2 Å². The van der Waals surface area contributed by atoms with Gasteiger partial charge in [0.1, 0.15) is 0 Å². The Balaban J connectivity index is 2.18. The van der Waals surface area contributed by atoms with Crippen LogP contribution in [0.5, 0.6) is 0 Å². The summed E-state index contributed by atoms with van der Waals surface area (Å²) in [5.41, 5.74) is 0. The van der Waals surface area contributed by atoms with E-state index in [9.17, 15) is 9.90 Å². The Morgan fingerprint density at radius 3 is 2.62 bits per heavy atom. The van der Waals surface area contributed by atoms with E-state index in [-0.39, 0.29) is 12.0 Å². The van der Waals surface area contributed by atoms with Gasteiger partial charge in [-0.15, -0.1) is 0 Å². The molecule has 1 unspecified atom stereocenters. The molecule has 0 saturated heterocycles. The van der Waals surface area contributed by atoms with E-state index in [1.165, 1.54) is 19.3 Å². The summed E-state index contributed by atoms with van der Waals surface area (Å²) in [5.74, 6) is 0.0788. The van der Waals surface area contributed by atoms with Crippen LogP contribution in [0.15, 0.2) is 0 Å². The molecular weight excluding hydrogens is 204 g/mol. The quantitative estimate of drug-likeness (QED) is 0.730. The molecule has 1 fully saturated rings. The molecule has 2 N–H and O–H groups in total. The van der Waals surface area contributed by atoms with E-state index in [0.29, 0.717) is 19.1 Å². The van der Waals surface area contributed by atoms with E-state index in [0.717, 1.165) is 12.8 Å². The molecule has 1 aliphatic carbocycles.